The van der Waals surface area contributed by atoms with Crippen molar-refractivity contribution in [2.75, 3.05) is 50.4 Å². The van der Waals surface area contributed by atoms with E-state index >= 15 is 0 Å². The second-order valence-corrected chi connectivity index (χ2v) is 12.9. The molecule has 284 valence electrons. The van der Waals surface area contributed by atoms with E-state index in [2.05, 4.69) is 34.1 Å². The summed E-state index contributed by atoms with van der Waals surface area (Å²) in [5.74, 6) is 0.293. The van der Waals surface area contributed by atoms with Gasteiger partial charge in [0.2, 0.25) is 0 Å². The zero-order valence-electron chi connectivity index (χ0n) is 29.9. The lowest BCUT2D eigenvalue weighted by molar-refractivity contribution is 0.211. The van der Waals surface area contributed by atoms with Crippen LogP contribution in [0.1, 0.15) is 27.7 Å². The van der Waals surface area contributed by atoms with E-state index in [1.54, 1.807) is 26.4 Å². The number of fused-ring (bicyclic) bond motifs is 2. The molecule has 5 aromatic carbocycles. The van der Waals surface area contributed by atoms with Gasteiger partial charge in [-0.15, -0.1) is 0 Å². The predicted octanol–water partition coefficient (Wildman–Crippen LogP) is 11.7. The number of nitrogens with one attached hydrogen (secondary N) is 3. The van der Waals surface area contributed by atoms with Gasteiger partial charge < -0.3 is 25.4 Å². The minimum absolute atomic E-state index is 0. The Kier molecular flexibility index (Phi) is 13.4. The number of hydrogen-bond donors (Lipinski definition) is 3. The molecule has 0 spiro atoms. The summed E-state index contributed by atoms with van der Waals surface area (Å²) >= 11 is 0. The van der Waals surface area contributed by atoms with E-state index in [0.717, 1.165) is 78.3 Å². The maximum Gasteiger partial charge on any atom is 0.126 e. The molecule has 0 bridgehead atoms. The lowest BCUT2D eigenvalue weighted by atomic mass is 10.0. The molecule has 9 heteroatoms. The highest BCUT2D eigenvalue weighted by atomic mass is 19.1. The summed E-state index contributed by atoms with van der Waals surface area (Å²) in [6.07, 6.45) is 2.46. The number of para-hydroxylation sites is 1. The molecule has 1 aliphatic rings. The SMILES string of the molecule is C.C.CNc1cc(-c2cccc(F)c2)nc2ccc(-c3ccccc3OC)cc12.COCCNc1cc(-c2cccc(F)c2)nc2ccc(NC3CC3)cc12. The van der Waals surface area contributed by atoms with Gasteiger partial charge in [0.25, 0.3) is 0 Å². The number of aromatic nitrogens is 2. The average Bonchev–Trinajstić information content (AvgIpc) is 4.01. The fourth-order valence-electron chi connectivity index (χ4n) is 6.29. The first-order valence-electron chi connectivity index (χ1n) is 17.6. The maximum absolute atomic E-state index is 13.6. The molecule has 0 aliphatic heterocycles. The van der Waals surface area contributed by atoms with E-state index in [1.807, 2.05) is 73.8 Å². The quantitative estimate of drug-likeness (QED) is 0.114. The Morgan fingerprint density at radius 2 is 1.27 bits per heavy atom. The fourth-order valence-corrected chi connectivity index (χ4v) is 6.29. The molecule has 1 saturated carbocycles. The molecule has 8 rings (SSSR count). The molecule has 7 aromatic rings. The van der Waals surface area contributed by atoms with Crippen molar-refractivity contribution in [3.63, 3.8) is 0 Å². The minimum atomic E-state index is -0.271. The van der Waals surface area contributed by atoms with Gasteiger partial charge in [0.15, 0.2) is 0 Å². The first-order valence-corrected chi connectivity index (χ1v) is 17.6. The van der Waals surface area contributed by atoms with Crippen LogP contribution in [0.5, 0.6) is 5.75 Å². The number of rotatable bonds is 11. The number of benzene rings is 5. The van der Waals surface area contributed by atoms with Crippen LogP contribution in [-0.2, 0) is 4.74 Å². The maximum atomic E-state index is 13.6. The second kappa shape index (κ2) is 18.3. The molecule has 0 unspecified atom stereocenters. The topological polar surface area (TPSA) is 80.3 Å². The molecule has 1 aliphatic carbocycles. The van der Waals surface area contributed by atoms with Gasteiger partial charge in [-0.2, -0.15) is 0 Å². The molecule has 0 saturated heterocycles. The van der Waals surface area contributed by atoms with Crippen LogP contribution in [0, 0.1) is 11.6 Å². The summed E-state index contributed by atoms with van der Waals surface area (Å²) in [6, 6.07) is 37.8. The van der Waals surface area contributed by atoms with E-state index in [1.165, 1.54) is 37.1 Å². The van der Waals surface area contributed by atoms with Crippen molar-refractivity contribution in [1.82, 2.24) is 9.97 Å². The summed E-state index contributed by atoms with van der Waals surface area (Å²) in [7, 11) is 5.23. The molecule has 0 atom stereocenters. The van der Waals surface area contributed by atoms with Crippen molar-refractivity contribution >= 4 is 38.9 Å². The zero-order chi connectivity index (χ0) is 36.7. The lowest BCUT2D eigenvalue weighted by Crippen LogP contribution is -2.08. The molecule has 55 heavy (non-hydrogen) atoms. The van der Waals surface area contributed by atoms with Crippen molar-refractivity contribution in [3.05, 3.63) is 133 Å². The summed E-state index contributed by atoms with van der Waals surface area (Å²) in [4.78, 5) is 9.48. The van der Waals surface area contributed by atoms with Crippen LogP contribution in [0.15, 0.2) is 121 Å². The van der Waals surface area contributed by atoms with Gasteiger partial charge in [-0.05, 0) is 91.2 Å². The number of ether oxygens (including phenoxy) is 2. The molecule has 3 N–H and O–H groups in total. The monoisotopic (exact) mass is 741 g/mol. The molecule has 7 nitrogen and oxygen atoms in total. The minimum Gasteiger partial charge on any atom is -0.496 e. The molecular weight excluding hydrogens is 693 g/mol. The van der Waals surface area contributed by atoms with Crippen molar-refractivity contribution < 1.29 is 18.3 Å². The van der Waals surface area contributed by atoms with Crippen LogP contribution in [0.25, 0.3) is 55.4 Å². The smallest absolute Gasteiger partial charge is 0.126 e. The highest BCUT2D eigenvalue weighted by Crippen LogP contribution is 2.36. The number of methoxy groups -OCH3 is 2. The number of pyridine rings is 2. The first kappa shape index (κ1) is 40.1. The Labute approximate surface area is 322 Å². The van der Waals surface area contributed by atoms with Gasteiger partial charge in [-0.1, -0.05) is 63.4 Å². The van der Waals surface area contributed by atoms with Crippen molar-refractivity contribution in [2.45, 2.75) is 33.7 Å². The van der Waals surface area contributed by atoms with Crippen LogP contribution >= 0.6 is 0 Å². The van der Waals surface area contributed by atoms with Gasteiger partial charge in [-0.25, -0.2) is 18.7 Å². The lowest BCUT2D eigenvalue weighted by Gasteiger charge is -2.14. The van der Waals surface area contributed by atoms with Crippen molar-refractivity contribution in [2.24, 2.45) is 0 Å². The van der Waals surface area contributed by atoms with Crippen molar-refractivity contribution in [1.29, 1.82) is 0 Å². The van der Waals surface area contributed by atoms with Crippen LogP contribution in [0.3, 0.4) is 0 Å². The number of nitrogens with zero attached hydrogens (tertiary/aromatic N) is 2. The Morgan fingerprint density at radius 1 is 0.655 bits per heavy atom. The van der Waals surface area contributed by atoms with E-state index < -0.39 is 0 Å². The Morgan fingerprint density at radius 3 is 1.87 bits per heavy atom. The van der Waals surface area contributed by atoms with Crippen molar-refractivity contribution in [3.8, 4) is 39.4 Å². The van der Waals surface area contributed by atoms with Gasteiger partial charge in [0, 0.05) is 71.3 Å². The first-order chi connectivity index (χ1) is 25.9. The van der Waals surface area contributed by atoms with Crippen LogP contribution < -0.4 is 20.7 Å². The Bertz CT molecular complexity index is 2380. The number of halogens is 2. The summed E-state index contributed by atoms with van der Waals surface area (Å²) in [5.41, 5.74) is 9.83. The molecule has 0 amide bonds. The van der Waals surface area contributed by atoms with Gasteiger partial charge in [0.05, 0.1) is 36.1 Å². The molecule has 0 radical (unpaired) electrons. The fraction of sp³-hybridized carbons (Fsp3) is 0.217. The average molecular weight is 742 g/mol. The standard InChI is InChI=1S/C23H19FN2O.C21H22FN3O.2CH4/c1-25-22-14-21(16-6-5-7-17(24)12-16)26-20-11-10-15(13-19(20)22)18-8-3-4-9-23(18)27-2;1-26-10-9-23-21-13-20(14-3-2-4-15(22)11-14)25-19-8-7-17(12-18(19)21)24-16-5-6-16;;/h3-14H,1-2H3,(H,25,26);2-4,7-8,11-13,16,24H,5-6,9-10H2,1H3,(H,23,25);2*1H4. The van der Waals surface area contributed by atoms with E-state index in [0.29, 0.717) is 19.2 Å². The number of hydrogen-bond acceptors (Lipinski definition) is 7. The van der Waals surface area contributed by atoms with E-state index in [9.17, 15) is 8.78 Å². The van der Waals surface area contributed by atoms with Gasteiger partial charge in [-0.3, -0.25) is 0 Å². The third-order valence-electron chi connectivity index (χ3n) is 9.12. The van der Waals surface area contributed by atoms with E-state index in [-0.39, 0.29) is 26.5 Å². The third-order valence-corrected chi connectivity index (χ3v) is 9.12. The van der Waals surface area contributed by atoms with Gasteiger partial charge >= 0.3 is 0 Å². The van der Waals surface area contributed by atoms with Gasteiger partial charge in [0.1, 0.15) is 17.4 Å². The summed E-state index contributed by atoms with van der Waals surface area (Å²) < 4.78 is 37.9. The normalized spacial score (nSPS) is 11.8. The third kappa shape index (κ3) is 9.55. The van der Waals surface area contributed by atoms with Crippen LogP contribution in [0.2, 0.25) is 0 Å². The summed E-state index contributed by atoms with van der Waals surface area (Å²) in [6.45, 7) is 1.30. The van der Waals surface area contributed by atoms with Crippen LogP contribution in [0.4, 0.5) is 25.8 Å². The highest BCUT2D eigenvalue weighted by molar-refractivity contribution is 5.97. The summed E-state index contributed by atoms with van der Waals surface area (Å²) in [5, 5.41) is 12.2. The Balaban J connectivity index is 0.000000204. The highest BCUT2D eigenvalue weighted by Gasteiger charge is 2.21. The molecule has 1 fully saturated rings. The second-order valence-electron chi connectivity index (χ2n) is 12.9. The predicted molar refractivity (Wildman–Crippen MR) is 226 cm³/mol. The zero-order valence-corrected chi connectivity index (χ0v) is 29.9. The Hall–Kier alpha value is -6.06. The molecule has 2 heterocycles. The molecule has 2 aromatic heterocycles. The number of anilines is 3. The van der Waals surface area contributed by atoms with Crippen LogP contribution in [-0.4, -0.2) is 50.4 Å². The molecular formula is C46H49F2N5O2. The van der Waals surface area contributed by atoms with E-state index in [4.69, 9.17) is 19.4 Å². The largest absolute Gasteiger partial charge is 0.496 e.